The van der Waals surface area contributed by atoms with Gasteiger partial charge in [-0.2, -0.15) is 0 Å². The normalized spacial score (nSPS) is 22.2. The maximum absolute atomic E-state index is 10.9. The van der Waals surface area contributed by atoms with Gasteiger partial charge in [-0.1, -0.05) is 6.58 Å². The van der Waals surface area contributed by atoms with Crippen molar-refractivity contribution in [1.29, 1.82) is 0 Å². The fraction of sp³-hybridized carbons (Fsp3) is 0.429. The quantitative estimate of drug-likeness (QED) is 0.564. The van der Waals surface area contributed by atoms with Gasteiger partial charge in [0.15, 0.2) is 0 Å². The Labute approximate surface area is 64.1 Å². The van der Waals surface area contributed by atoms with Crippen LogP contribution in [0, 0.1) is 0 Å². The minimum absolute atomic E-state index is 0.302. The molecule has 1 unspecified atom stereocenters. The van der Waals surface area contributed by atoms with E-state index in [9.17, 15) is 9.59 Å². The van der Waals surface area contributed by atoms with Crippen LogP contribution < -0.4 is 0 Å². The number of carboxylic acids is 1. The predicted molar refractivity (Wildman–Crippen MR) is 38.0 cm³/mol. The van der Waals surface area contributed by atoms with Crippen molar-refractivity contribution in [2.75, 3.05) is 6.54 Å². The van der Waals surface area contributed by atoms with Gasteiger partial charge in [0.05, 0.1) is 0 Å². The summed E-state index contributed by atoms with van der Waals surface area (Å²) in [6.07, 6.45) is 1.68. The van der Waals surface area contributed by atoms with Gasteiger partial charge in [0.25, 0.3) is 0 Å². The van der Waals surface area contributed by atoms with Crippen LogP contribution in [0.2, 0.25) is 0 Å². The Balaban J connectivity index is 2.56. The van der Waals surface area contributed by atoms with E-state index in [-0.39, 0.29) is 5.91 Å². The van der Waals surface area contributed by atoms with Gasteiger partial charge in [-0.15, -0.1) is 0 Å². The lowest BCUT2D eigenvalue weighted by Gasteiger charge is -2.37. The van der Waals surface area contributed by atoms with Crippen molar-refractivity contribution < 1.29 is 14.7 Å². The van der Waals surface area contributed by atoms with Crippen molar-refractivity contribution in [1.82, 2.24) is 4.90 Å². The van der Waals surface area contributed by atoms with Crippen LogP contribution in [0.4, 0.5) is 0 Å². The van der Waals surface area contributed by atoms with Gasteiger partial charge >= 0.3 is 5.97 Å². The molecular weight excluding hydrogens is 146 g/mol. The van der Waals surface area contributed by atoms with E-state index in [1.165, 1.54) is 4.90 Å². The molecule has 4 heteroatoms. The minimum atomic E-state index is -0.938. The Morgan fingerprint density at radius 2 is 2.27 bits per heavy atom. The second-order valence-corrected chi connectivity index (χ2v) is 2.38. The van der Waals surface area contributed by atoms with Crippen LogP contribution >= 0.6 is 0 Å². The van der Waals surface area contributed by atoms with Crippen molar-refractivity contribution in [2.45, 2.75) is 12.5 Å². The number of hydrogen-bond donors (Lipinski definition) is 1. The molecule has 1 heterocycles. The van der Waals surface area contributed by atoms with Crippen molar-refractivity contribution in [3.05, 3.63) is 12.7 Å². The molecular formula is C7H9NO3. The Morgan fingerprint density at radius 1 is 1.64 bits per heavy atom. The number of amides is 1. The lowest BCUT2D eigenvalue weighted by molar-refractivity contribution is -0.154. The van der Waals surface area contributed by atoms with Crippen LogP contribution in [-0.4, -0.2) is 34.5 Å². The van der Waals surface area contributed by atoms with Gasteiger partial charge in [0, 0.05) is 6.54 Å². The summed E-state index contributed by atoms with van der Waals surface area (Å²) in [6.45, 7) is 3.80. The fourth-order valence-electron chi connectivity index (χ4n) is 1.03. The number of carboxylic acid groups (broad SMARTS) is 1. The highest BCUT2D eigenvalue weighted by Gasteiger charge is 2.36. The molecule has 0 aromatic carbocycles. The van der Waals surface area contributed by atoms with Gasteiger partial charge in [-0.3, -0.25) is 4.79 Å². The molecule has 60 valence electrons. The Hall–Kier alpha value is -1.32. The van der Waals surface area contributed by atoms with E-state index in [4.69, 9.17) is 5.11 Å². The first-order valence-electron chi connectivity index (χ1n) is 3.32. The summed E-state index contributed by atoms with van der Waals surface area (Å²) in [5.74, 6) is -1.24. The molecule has 0 radical (unpaired) electrons. The van der Waals surface area contributed by atoms with E-state index in [2.05, 4.69) is 6.58 Å². The number of carbonyl (C=O) groups is 2. The molecule has 1 amide bonds. The van der Waals surface area contributed by atoms with Crippen LogP contribution in [0.3, 0.4) is 0 Å². The zero-order valence-corrected chi connectivity index (χ0v) is 5.99. The monoisotopic (exact) mass is 155 g/mol. The second-order valence-electron chi connectivity index (χ2n) is 2.38. The molecule has 1 atom stereocenters. The maximum Gasteiger partial charge on any atom is 0.326 e. The van der Waals surface area contributed by atoms with Crippen LogP contribution in [0.5, 0.6) is 0 Å². The van der Waals surface area contributed by atoms with Crippen molar-refractivity contribution in [3.8, 4) is 0 Å². The van der Waals surface area contributed by atoms with Gasteiger partial charge < -0.3 is 10.0 Å². The molecule has 0 saturated carbocycles. The number of likely N-dealkylation sites (tertiary alicyclic amines) is 1. The van der Waals surface area contributed by atoms with Gasteiger partial charge in [-0.05, 0) is 12.5 Å². The van der Waals surface area contributed by atoms with E-state index in [0.29, 0.717) is 13.0 Å². The summed E-state index contributed by atoms with van der Waals surface area (Å²) in [5, 5.41) is 8.52. The first kappa shape index (κ1) is 7.78. The predicted octanol–water partition coefficient (Wildman–Crippen LogP) is -0.142. The van der Waals surface area contributed by atoms with Crippen molar-refractivity contribution in [3.63, 3.8) is 0 Å². The summed E-state index contributed by atoms with van der Waals surface area (Å²) in [4.78, 5) is 22.5. The molecule has 0 aromatic heterocycles. The molecule has 0 spiro atoms. The second kappa shape index (κ2) is 2.74. The summed E-state index contributed by atoms with van der Waals surface area (Å²) in [7, 11) is 0. The lowest BCUT2D eigenvalue weighted by atomic mass is 10.0. The van der Waals surface area contributed by atoms with Crippen LogP contribution in [-0.2, 0) is 9.59 Å². The third-order valence-corrected chi connectivity index (χ3v) is 1.76. The van der Waals surface area contributed by atoms with E-state index in [0.717, 1.165) is 6.08 Å². The number of hydrogen-bond acceptors (Lipinski definition) is 2. The summed E-state index contributed by atoms with van der Waals surface area (Å²) in [5.41, 5.74) is 0. The Kier molecular flexibility index (Phi) is 1.94. The average Bonchev–Trinajstić information content (AvgIpc) is 1.83. The Bertz CT molecular complexity index is 212. The standard InChI is InChI=1S/C7H9NO3/c1-2-6(9)8-4-3-5(8)7(10)11/h2,5H,1,3-4H2,(H,10,11). The third kappa shape index (κ3) is 1.24. The minimum Gasteiger partial charge on any atom is -0.480 e. The molecule has 1 rings (SSSR count). The van der Waals surface area contributed by atoms with Crippen molar-refractivity contribution >= 4 is 11.9 Å². The van der Waals surface area contributed by atoms with Gasteiger partial charge in [-0.25, -0.2) is 4.79 Å². The average molecular weight is 155 g/mol. The smallest absolute Gasteiger partial charge is 0.326 e. The molecule has 0 aromatic rings. The van der Waals surface area contributed by atoms with Crippen LogP contribution in [0.15, 0.2) is 12.7 Å². The summed E-state index contributed by atoms with van der Waals surface area (Å²) >= 11 is 0. The molecule has 1 N–H and O–H groups in total. The first-order chi connectivity index (χ1) is 5.16. The number of rotatable bonds is 2. The molecule has 4 nitrogen and oxygen atoms in total. The van der Waals surface area contributed by atoms with Crippen molar-refractivity contribution in [2.24, 2.45) is 0 Å². The van der Waals surface area contributed by atoms with E-state index in [1.807, 2.05) is 0 Å². The largest absolute Gasteiger partial charge is 0.480 e. The Morgan fingerprint density at radius 3 is 2.55 bits per heavy atom. The van der Waals surface area contributed by atoms with Crippen LogP contribution in [0.25, 0.3) is 0 Å². The highest BCUT2D eigenvalue weighted by atomic mass is 16.4. The van der Waals surface area contributed by atoms with Gasteiger partial charge in [0.2, 0.25) is 5.91 Å². The molecule has 1 saturated heterocycles. The topological polar surface area (TPSA) is 57.6 Å². The van der Waals surface area contributed by atoms with Crippen LogP contribution in [0.1, 0.15) is 6.42 Å². The highest BCUT2D eigenvalue weighted by molar-refractivity contribution is 5.92. The molecule has 1 aliphatic heterocycles. The molecule has 1 aliphatic rings. The zero-order chi connectivity index (χ0) is 8.43. The van der Waals surface area contributed by atoms with E-state index < -0.39 is 12.0 Å². The summed E-state index contributed by atoms with van der Waals surface area (Å²) < 4.78 is 0. The summed E-state index contributed by atoms with van der Waals surface area (Å²) in [6, 6.07) is -0.625. The molecule has 11 heavy (non-hydrogen) atoms. The first-order valence-corrected chi connectivity index (χ1v) is 3.32. The SMILES string of the molecule is C=CC(=O)N1CCC1C(=O)O. The van der Waals surface area contributed by atoms with E-state index >= 15 is 0 Å². The molecule has 0 bridgehead atoms. The third-order valence-electron chi connectivity index (χ3n) is 1.76. The van der Waals surface area contributed by atoms with Gasteiger partial charge in [0.1, 0.15) is 6.04 Å². The lowest BCUT2D eigenvalue weighted by Crippen LogP contribution is -2.54. The molecule has 1 fully saturated rings. The fourth-order valence-corrected chi connectivity index (χ4v) is 1.03. The number of aliphatic carboxylic acids is 1. The number of carbonyl (C=O) groups excluding carboxylic acids is 1. The molecule has 0 aliphatic carbocycles. The number of nitrogens with zero attached hydrogens (tertiary/aromatic N) is 1. The maximum atomic E-state index is 10.9. The van der Waals surface area contributed by atoms with E-state index in [1.54, 1.807) is 0 Å². The zero-order valence-electron chi connectivity index (χ0n) is 5.99. The highest BCUT2D eigenvalue weighted by Crippen LogP contribution is 2.17.